The van der Waals surface area contributed by atoms with Gasteiger partial charge >= 0.3 is 0 Å². The molecule has 2 atom stereocenters. The fourth-order valence-corrected chi connectivity index (χ4v) is 4.73. The number of pyridine rings is 1. The molecule has 0 bridgehead atoms. The highest BCUT2D eigenvalue weighted by Gasteiger charge is 2.44. The minimum absolute atomic E-state index is 0.00766. The number of rotatable bonds is 11. The van der Waals surface area contributed by atoms with Crippen molar-refractivity contribution in [2.75, 3.05) is 39.5 Å². The number of aliphatic hydroxyl groups is 1. The van der Waals surface area contributed by atoms with Crippen LogP contribution in [-0.4, -0.2) is 71.5 Å². The molecule has 3 N–H and O–H groups in total. The molecule has 0 amide bonds. The van der Waals surface area contributed by atoms with Crippen LogP contribution < -0.4 is 10.1 Å². The van der Waals surface area contributed by atoms with Crippen molar-refractivity contribution in [3.8, 4) is 5.88 Å². The molecule has 1 aliphatic heterocycles. The molecule has 0 aliphatic carbocycles. The maximum Gasteiger partial charge on any atom is 0.283 e. The van der Waals surface area contributed by atoms with Crippen LogP contribution in [0.3, 0.4) is 0 Å². The van der Waals surface area contributed by atoms with Gasteiger partial charge in [-0.2, -0.15) is 0 Å². The first-order valence-corrected chi connectivity index (χ1v) is 11.8. The maximum absolute atomic E-state index is 15.7. The van der Waals surface area contributed by atoms with Crippen molar-refractivity contribution in [2.24, 2.45) is 0 Å². The lowest BCUT2D eigenvalue weighted by molar-refractivity contribution is -0.0869. The van der Waals surface area contributed by atoms with Crippen LogP contribution in [0.25, 0.3) is 10.9 Å². The van der Waals surface area contributed by atoms with Crippen molar-refractivity contribution in [1.82, 2.24) is 20.2 Å². The highest BCUT2D eigenvalue weighted by Crippen LogP contribution is 2.44. The van der Waals surface area contributed by atoms with Gasteiger partial charge in [0.1, 0.15) is 19.0 Å². The Morgan fingerprint density at radius 2 is 2.03 bits per heavy atom. The molecule has 6 nitrogen and oxygen atoms in total. The average Bonchev–Trinajstić information content (AvgIpc) is 3.22. The first-order chi connectivity index (χ1) is 17.3. The number of nitrogens with zero attached hydrogens (tertiary/aromatic N) is 2. The van der Waals surface area contributed by atoms with E-state index < -0.39 is 60.9 Å². The third-order valence-electron chi connectivity index (χ3n) is 6.42. The predicted molar refractivity (Wildman–Crippen MR) is 125 cm³/mol. The topological polar surface area (TPSA) is 73.4 Å². The second kappa shape index (κ2) is 11.1. The fraction of sp³-hybridized carbons (Fsp3) is 0.480. The molecule has 1 unspecified atom stereocenters. The Bertz CT molecular complexity index is 1190. The van der Waals surface area contributed by atoms with E-state index in [9.17, 15) is 18.3 Å². The molecule has 0 fully saturated rings. The van der Waals surface area contributed by atoms with E-state index in [1.54, 1.807) is 6.92 Å². The number of ether oxygens (including phenoxy) is 1. The Kier molecular flexibility index (Phi) is 8.11. The number of para-hydroxylation sites is 1. The summed E-state index contributed by atoms with van der Waals surface area (Å²) in [6, 6.07) is 5.57. The van der Waals surface area contributed by atoms with Gasteiger partial charge < -0.3 is 20.1 Å². The first kappa shape index (κ1) is 26.3. The summed E-state index contributed by atoms with van der Waals surface area (Å²) in [7, 11) is 0. The molecule has 196 valence electrons. The zero-order chi connectivity index (χ0) is 25.9. The number of fused-ring (bicyclic) bond motifs is 3. The van der Waals surface area contributed by atoms with Crippen LogP contribution in [0, 0.1) is 11.6 Å². The molecule has 1 aliphatic rings. The average molecular weight is 513 g/mol. The number of nitrogens with one attached hydrogen (secondary N) is 2. The molecule has 1 aromatic carbocycles. The molecule has 0 saturated heterocycles. The lowest BCUT2D eigenvalue weighted by Gasteiger charge is -2.42. The van der Waals surface area contributed by atoms with Crippen LogP contribution in [0.2, 0.25) is 0 Å². The normalized spacial score (nSPS) is 18.5. The molecule has 2 aromatic heterocycles. The van der Waals surface area contributed by atoms with Gasteiger partial charge in [0.15, 0.2) is 5.82 Å². The Balaban J connectivity index is 1.75. The van der Waals surface area contributed by atoms with Crippen molar-refractivity contribution in [3.63, 3.8) is 0 Å². The van der Waals surface area contributed by atoms with E-state index in [2.05, 4.69) is 15.3 Å². The molecule has 0 saturated carbocycles. The van der Waals surface area contributed by atoms with Gasteiger partial charge in [0.05, 0.1) is 31.0 Å². The Morgan fingerprint density at radius 3 is 2.78 bits per heavy atom. The van der Waals surface area contributed by atoms with Gasteiger partial charge in [-0.25, -0.2) is 22.5 Å². The monoisotopic (exact) mass is 512 g/mol. The van der Waals surface area contributed by atoms with E-state index in [0.717, 1.165) is 22.7 Å². The van der Waals surface area contributed by atoms with E-state index in [4.69, 9.17) is 4.74 Å². The van der Waals surface area contributed by atoms with Crippen LogP contribution in [0.5, 0.6) is 5.88 Å². The molecule has 0 radical (unpaired) electrons. The molecule has 36 heavy (non-hydrogen) atoms. The second-order valence-corrected chi connectivity index (χ2v) is 8.98. The number of aromatic amines is 1. The largest absolute Gasteiger partial charge is 0.474 e. The zero-order valence-electron chi connectivity index (χ0n) is 19.8. The molecule has 3 heterocycles. The van der Waals surface area contributed by atoms with Gasteiger partial charge in [-0.15, -0.1) is 0 Å². The Hall–Kier alpha value is -2.76. The van der Waals surface area contributed by atoms with Crippen LogP contribution in [0.4, 0.5) is 22.0 Å². The third kappa shape index (κ3) is 5.33. The maximum atomic E-state index is 15.7. The van der Waals surface area contributed by atoms with Crippen molar-refractivity contribution < 1.29 is 31.8 Å². The number of halogens is 5. The van der Waals surface area contributed by atoms with Gasteiger partial charge in [0.25, 0.3) is 11.8 Å². The molecule has 3 aromatic rings. The zero-order valence-corrected chi connectivity index (χ0v) is 19.8. The molecular formula is C25H29F5N4O2. The second-order valence-electron chi connectivity index (χ2n) is 8.98. The lowest BCUT2D eigenvalue weighted by atomic mass is 9.88. The summed E-state index contributed by atoms with van der Waals surface area (Å²) < 4.78 is 77.4. The fourth-order valence-electron chi connectivity index (χ4n) is 4.73. The van der Waals surface area contributed by atoms with Crippen molar-refractivity contribution in [1.29, 1.82) is 0 Å². The number of H-pyrrole nitrogens is 1. The van der Waals surface area contributed by atoms with Crippen molar-refractivity contribution >= 4 is 10.9 Å². The number of alkyl halides is 3. The minimum atomic E-state index is -3.49. The summed E-state index contributed by atoms with van der Waals surface area (Å²) in [5, 5.41) is 13.0. The number of hydrogen-bond donors (Lipinski definition) is 3. The SMILES string of the molecule is C[C@@H]1Cc2c([nH]c3ccccc23)C(c2c(F)cnc(OCCNCCCF)c2F)N1CC(F)(F)CO. The van der Waals surface area contributed by atoms with Crippen LogP contribution >= 0.6 is 0 Å². The third-order valence-corrected chi connectivity index (χ3v) is 6.42. The van der Waals surface area contributed by atoms with Crippen molar-refractivity contribution in [3.05, 3.63) is 58.9 Å². The van der Waals surface area contributed by atoms with E-state index in [1.807, 2.05) is 24.3 Å². The number of benzene rings is 1. The summed E-state index contributed by atoms with van der Waals surface area (Å²) in [5.41, 5.74) is 1.47. The highest BCUT2D eigenvalue weighted by molar-refractivity contribution is 5.85. The lowest BCUT2D eigenvalue weighted by Crippen LogP contribution is -2.49. The van der Waals surface area contributed by atoms with Gasteiger partial charge in [-0.1, -0.05) is 18.2 Å². The summed E-state index contributed by atoms with van der Waals surface area (Å²) >= 11 is 0. The molecule has 11 heteroatoms. The van der Waals surface area contributed by atoms with Crippen LogP contribution in [-0.2, 0) is 6.42 Å². The minimum Gasteiger partial charge on any atom is -0.474 e. The van der Waals surface area contributed by atoms with Gasteiger partial charge in [0, 0.05) is 29.2 Å². The van der Waals surface area contributed by atoms with Crippen molar-refractivity contribution in [2.45, 2.75) is 37.8 Å². The van der Waals surface area contributed by atoms with Crippen LogP contribution in [0.15, 0.2) is 30.5 Å². The summed E-state index contributed by atoms with van der Waals surface area (Å²) in [6.07, 6.45) is 1.52. The highest BCUT2D eigenvalue weighted by atomic mass is 19.3. The standard InChI is InChI=1S/C25H29F5N4O2/c1-15-11-17-16-5-2-3-6-19(16)33-22(17)23(34(15)13-25(29,30)14-35)20-18(27)12-32-24(21(20)28)36-10-9-31-8-4-7-26/h2-3,5-6,12,15,23,31,33,35H,4,7-11,13-14H2,1H3/t15-,23?/m1/s1. The van der Waals surface area contributed by atoms with Gasteiger partial charge in [0.2, 0.25) is 0 Å². The number of aliphatic hydroxyl groups excluding tert-OH is 1. The quantitative estimate of drug-likeness (QED) is 0.266. The molecule has 4 rings (SSSR count). The molecular weight excluding hydrogens is 483 g/mol. The van der Waals surface area contributed by atoms with E-state index in [-0.39, 0.29) is 13.2 Å². The Labute approximate surface area is 205 Å². The summed E-state index contributed by atoms with van der Waals surface area (Å²) in [5.74, 6) is -6.02. The molecule has 0 spiro atoms. The number of aromatic nitrogens is 2. The predicted octanol–water partition coefficient (Wildman–Crippen LogP) is 4.13. The van der Waals surface area contributed by atoms with E-state index in [1.165, 1.54) is 4.90 Å². The summed E-state index contributed by atoms with van der Waals surface area (Å²) in [6.45, 7) is -0.355. The summed E-state index contributed by atoms with van der Waals surface area (Å²) in [4.78, 5) is 8.21. The number of hydrogen-bond acceptors (Lipinski definition) is 5. The van der Waals surface area contributed by atoms with Crippen LogP contribution in [0.1, 0.15) is 36.2 Å². The van der Waals surface area contributed by atoms with Gasteiger partial charge in [-0.3, -0.25) is 9.29 Å². The van der Waals surface area contributed by atoms with E-state index in [0.29, 0.717) is 25.1 Å². The smallest absolute Gasteiger partial charge is 0.283 e. The van der Waals surface area contributed by atoms with E-state index >= 15 is 8.78 Å². The van der Waals surface area contributed by atoms with Gasteiger partial charge in [-0.05, 0) is 37.9 Å². The Morgan fingerprint density at radius 1 is 1.25 bits per heavy atom. The first-order valence-electron chi connectivity index (χ1n) is 11.8.